The Labute approximate surface area is 182 Å². The zero-order valence-electron chi connectivity index (χ0n) is 18.0. The van der Waals surface area contributed by atoms with E-state index in [2.05, 4.69) is 9.88 Å². The van der Waals surface area contributed by atoms with Crippen LogP contribution in [-0.4, -0.2) is 60.6 Å². The summed E-state index contributed by atoms with van der Waals surface area (Å²) in [6.07, 6.45) is 2.22. The first kappa shape index (κ1) is 23.1. The number of nitrogens with zero attached hydrogens (tertiary/aromatic N) is 4. The van der Waals surface area contributed by atoms with Crippen molar-refractivity contribution < 1.29 is 17.6 Å². The Kier molecular flexibility index (Phi) is 6.93. The maximum absolute atomic E-state index is 14.4. The number of primary amides is 1. The van der Waals surface area contributed by atoms with Gasteiger partial charge in [-0.15, -0.1) is 0 Å². The molecule has 0 unspecified atom stereocenters. The highest BCUT2D eigenvalue weighted by Crippen LogP contribution is 2.28. The maximum Gasteiger partial charge on any atom is 0.323 e. The number of likely N-dealkylation sites (N-methyl/N-ethyl adjacent to an activating group) is 1. The van der Waals surface area contributed by atoms with Crippen molar-refractivity contribution >= 4 is 27.4 Å². The fourth-order valence-electron chi connectivity index (χ4n) is 3.79. The molecule has 168 valence electrons. The molecule has 2 aromatic rings. The molecule has 3 rings (SSSR count). The SMILES string of the molecule is CCS(=O)(=O)N(C)[C@H]1CCN(Cc2cc(F)cc(N(C(N)=O)c3ccc(C)nc3)c2)C1. The van der Waals surface area contributed by atoms with E-state index >= 15 is 0 Å². The van der Waals surface area contributed by atoms with Gasteiger partial charge in [0.05, 0.1) is 23.3 Å². The third-order valence-electron chi connectivity index (χ3n) is 5.55. The molecule has 0 spiro atoms. The minimum atomic E-state index is -3.26. The minimum absolute atomic E-state index is 0.0596. The highest BCUT2D eigenvalue weighted by atomic mass is 32.2. The molecule has 1 aliphatic heterocycles. The van der Waals surface area contributed by atoms with Gasteiger partial charge in [0.2, 0.25) is 10.0 Å². The van der Waals surface area contributed by atoms with Crippen LogP contribution < -0.4 is 10.6 Å². The number of amides is 2. The maximum atomic E-state index is 14.4. The van der Waals surface area contributed by atoms with Crippen LogP contribution in [0.2, 0.25) is 0 Å². The van der Waals surface area contributed by atoms with Crippen LogP contribution in [0.1, 0.15) is 24.6 Å². The number of pyridine rings is 1. The van der Waals surface area contributed by atoms with Crippen LogP contribution in [0, 0.1) is 12.7 Å². The van der Waals surface area contributed by atoms with Crippen molar-refractivity contribution in [2.45, 2.75) is 32.9 Å². The van der Waals surface area contributed by atoms with Crippen LogP contribution >= 0.6 is 0 Å². The molecule has 8 nitrogen and oxygen atoms in total. The molecule has 10 heteroatoms. The summed E-state index contributed by atoms with van der Waals surface area (Å²) >= 11 is 0. The average molecular weight is 450 g/mol. The first-order chi connectivity index (χ1) is 14.6. The predicted molar refractivity (Wildman–Crippen MR) is 118 cm³/mol. The number of hydrogen-bond acceptors (Lipinski definition) is 5. The van der Waals surface area contributed by atoms with Gasteiger partial charge in [0.15, 0.2) is 0 Å². The number of aryl methyl sites for hydroxylation is 1. The zero-order valence-corrected chi connectivity index (χ0v) is 18.8. The number of hydrogen-bond donors (Lipinski definition) is 1. The molecule has 1 aliphatic rings. The number of nitrogens with two attached hydrogens (primary N) is 1. The summed E-state index contributed by atoms with van der Waals surface area (Å²) < 4.78 is 40.1. The van der Waals surface area contributed by atoms with E-state index < -0.39 is 21.9 Å². The monoisotopic (exact) mass is 449 g/mol. The summed E-state index contributed by atoms with van der Waals surface area (Å²) in [5.41, 5.74) is 7.79. The molecule has 2 heterocycles. The van der Waals surface area contributed by atoms with Gasteiger partial charge in [-0.25, -0.2) is 21.9 Å². The molecule has 0 bridgehead atoms. The molecule has 0 aliphatic carbocycles. The average Bonchev–Trinajstić information content (AvgIpc) is 3.16. The van der Waals surface area contributed by atoms with E-state index in [9.17, 15) is 17.6 Å². The number of benzene rings is 1. The van der Waals surface area contributed by atoms with Crippen molar-refractivity contribution in [3.63, 3.8) is 0 Å². The number of carbonyl (C=O) groups is 1. The predicted octanol–water partition coefficient (Wildman–Crippen LogP) is 2.60. The number of halogens is 1. The van der Waals surface area contributed by atoms with Gasteiger partial charge < -0.3 is 5.73 Å². The topological polar surface area (TPSA) is 99.8 Å². The summed E-state index contributed by atoms with van der Waals surface area (Å²) in [5, 5.41) is 0. The van der Waals surface area contributed by atoms with Crippen LogP contribution in [0.5, 0.6) is 0 Å². The lowest BCUT2D eigenvalue weighted by atomic mass is 10.1. The molecule has 1 saturated heterocycles. The van der Waals surface area contributed by atoms with E-state index in [1.54, 1.807) is 32.2 Å². The summed E-state index contributed by atoms with van der Waals surface area (Å²) in [6, 6.07) is 6.98. The summed E-state index contributed by atoms with van der Waals surface area (Å²) in [5.74, 6) is -0.426. The van der Waals surface area contributed by atoms with E-state index in [-0.39, 0.29) is 11.8 Å². The molecular weight excluding hydrogens is 421 g/mol. The van der Waals surface area contributed by atoms with Crippen LogP contribution in [0.4, 0.5) is 20.6 Å². The van der Waals surface area contributed by atoms with Gasteiger partial charge in [-0.3, -0.25) is 14.8 Å². The second-order valence-corrected chi connectivity index (χ2v) is 10.1. The van der Waals surface area contributed by atoms with E-state index in [1.807, 2.05) is 6.92 Å². The van der Waals surface area contributed by atoms with Crippen molar-refractivity contribution in [2.24, 2.45) is 5.73 Å². The number of carbonyl (C=O) groups excluding carboxylic acids is 1. The van der Waals surface area contributed by atoms with Gasteiger partial charge >= 0.3 is 6.03 Å². The Morgan fingerprint density at radius 1 is 1.29 bits per heavy atom. The fraction of sp³-hybridized carbons (Fsp3) is 0.429. The minimum Gasteiger partial charge on any atom is -0.351 e. The Morgan fingerprint density at radius 2 is 2.03 bits per heavy atom. The summed E-state index contributed by atoms with van der Waals surface area (Å²) in [4.78, 5) is 19.6. The molecule has 31 heavy (non-hydrogen) atoms. The first-order valence-electron chi connectivity index (χ1n) is 10.1. The van der Waals surface area contributed by atoms with Crippen molar-refractivity contribution in [2.75, 3.05) is 30.8 Å². The number of aromatic nitrogens is 1. The molecule has 1 aromatic carbocycles. The van der Waals surface area contributed by atoms with Crippen molar-refractivity contribution in [3.05, 3.63) is 53.6 Å². The molecule has 0 radical (unpaired) electrons. The van der Waals surface area contributed by atoms with Crippen LogP contribution in [-0.2, 0) is 16.6 Å². The van der Waals surface area contributed by atoms with E-state index in [1.165, 1.54) is 27.5 Å². The van der Waals surface area contributed by atoms with Crippen LogP contribution in [0.25, 0.3) is 0 Å². The largest absolute Gasteiger partial charge is 0.351 e. The first-order valence-corrected chi connectivity index (χ1v) is 11.7. The third kappa shape index (κ3) is 5.38. The van der Waals surface area contributed by atoms with Gasteiger partial charge in [-0.05, 0) is 56.2 Å². The number of likely N-dealkylation sites (tertiary alicyclic amines) is 1. The Morgan fingerprint density at radius 3 is 2.65 bits per heavy atom. The van der Waals surface area contributed by atoms with Crippen molar-refractivity contribution in [1.82, 2.24) is 14.2 Å². The lowest BCUT2D eigenvalue weighted by molar-refractivity contribution is 0.256. The van der Waals surface area contributed by atoms with Crippen molar-refractivity contribution in [3.8, 4) is 0 Å². The lowest BCUT2D eigenvalue weighted by Gasteiger charge is -2.24. The lowest BCUT2D eigenvalue weighted by Crippen LogP contribution is -2.39. The van der Waals surface area contributed by atoms with E-state index in [0.717, 1.165) is 5.69 Å². The smallest absolute Gasteiger partial charge is 0.323 e. The third-order valence-corrected chi connectivity index (χ3v) is 7.45. The van der Waals surface area contributed by atoms with Crippen LogP contribution in [0.3, 0.4) is 0 Å². The molecule has 1 fully saturated rings. The molecule has 1 aromatic heterocycles. The molecule has 2 amide bonds. The number of urea groups is 1. The zero-order chi connectivity index (χ0) is 22.8. The standard InChI is InChI=1S/C21H28FN5O3S/c1-4-31(29,30)25(3)19-7-8-26(14-19)13-16-9-17(22)11-20(10-16)27(21(23)28)18-6-5-15(2)24-12-18/h5-6,9-12,19H,4,7-8,13-14H2,1-3H3,(H2,23,28)/t19-/m0/s1. The van der Waals surface area contributed by atoms with Gasteiger partial charge in [-0.2, -0.15) is 0 Å². The number of anilines is 2. The van der Waals surface area contributed by atoms with Gasteiger partial charge in [0.25, 0.3) is 0 Å². The Hall–Kier alpha value is -2.56. The highest BCUT2D eigenvalue weighted by molar-refractivity contribution is 7.89. The van der Waals surface area contributed by atoms with Gasteiger partial charge in [0.1, 0.15) is 5.82 Å². The molecular formula is C21H28FN5O3S. The molecule has 2 N–H and O–H groups in total. The number of rotatable bonds is 7. The molecule has 1 atom stereocenters. The normalized spacial score (nSPS) is 17.3. The summed E-state index contributed by atoms with van der Waals surface area (Å²) in [7, 11) is -1.66. The van der Waals surface area contributed by atoms with Crippen LogP contribution in [0.15, 0.2) is 36.5 Å². The second-order valence-electron chi connectivity index (χ2n) is 7.74. The Balaban J connectivity index is 1.80. The number of sulfonamides is 1. The quantitative estimate of drug-likeness (QED) is 0.700. The van der Waals surface area contributed by atoms with Gasteiger partial charge in [0, 0.05) is 38.4 Å². The Bertz CT molecular complexity index is 1050. The van der Waals surface area contributed by atoms with Crippen molar-refractivity contribution in [1.29, 1.82) is 0 Å². The summed E-state index contributed by atoms with van der Waals surface area (Å²) in [6.45, 7) is 5.14. The molecule has 0 saturated carbocycles. The van der Waals surface area contributed by atoms with E-state index in [4.69, 9.17) is 5.73 Å². The van der Waals surface area contributed by atoms with Gasteiger partial charge in [-0.1, -0.05) is 0 Å². The highest BCUT2D eigenvalue weighted by Gasteiger charge is 2.31. The fourth-order valence-corrected chi connectivity index (χ4v) is 4.82. The second kappa shape index (κ2) is 9.29. The van der Waals surface area contributed by atoms with E-state index in [0.29, 0.717) is 43.0 Å².